The second-order valence-corrected chi connectivity index (χ2v) is 37.4. The summed E-state index contributed by atoms with van der Waals surface area (Å²) in [5.74, 6) is -5.06. The molecule has 0 saturated carbocycles. The van der Waals surface area contributed by atoms with Crippen LogP contribution in [0, 0.1) is 0 Å². The van der Waals surface area contributed by atoms with Crippen LogP contribution >= 0.6 is 0 Å². The van der Waals surface area contributed by atoms with Crippen molar-refractivity contribution >= 4 is 29.5 Å². The summed E-state index contributed by atoms with van der Waals surface area (Å²) in [5.41, 5.74) is 0. The van der Waals surface area contributed by atoms with Gasteiger partial charge in [-0.25, -0.2) is 0 Å². The zero-order valence-electron chi connectivity index (χ0n) is 79.3. The molecule has 12 aliphatic rings. The highest BCUT2D eigenvalue weighted by molar-refractivity contribution is 5.75. The number of amides is 5. The van der Waals surface area contributed by atoms with Crippen molar-refractivity contribution in [2.75, 3.05) is 79.3 Å². The van der Waals surface area contributed by atoms with Crippen molar-refractivity contribution in [3.8, 4) is 0 Å². The minimum absolute atomic E-state index is 0.855. The fourth-order valence-electron chi connectivity index (χ4n) is 19.2. The maximum absolute atomic E-state index is 13.5. The van der Waals surface area contributed by atoms with Gasteiger partial charge < -0.3 is 304 Å². The van der Waals surface area contributed by atoms with Crippen LogP contribution < -0.4 is 26.6 Å². The number of ether oxygens (including phenoxy) is 23. The molecule has 0 aromatic heterocycles. The molecule has 12 fully saturated rings. The Bertz CT molecular complexity index is 4130. The van der Waals surface area contributed by atoms with Gasteiger partial charge in [-0.15, -0.1) is 0 Å². The van der Waals surface area contributed by atoms with Gasteiger partial charge in [0, 0.05) is 34.6 Å². The Kier molecular flexibility index (Phi) is 43.9. The van der Waals surface area contributed by atoms with E-state index in [2.05, 4.69) is 26.6 Å². The highest BCUT2D eigenvalue weighted by Gasteiger charge is 2.64. The molecule has 12 heterocycles. The Morgan fingerprint density at radius 2 is 0.378 bits per heavy atom. The first-order valence-corrected chi connectivity index (χ1v) is 47.2. The van der Waals surface area contributed by atoms with E-state index in [1.165, 1.54) is 0 Å². The number of aliphatic hydroxyl groups is 33. The van der Waals surface area contributed by atoms with Crippen LogP contribution in [0.2, 0.25) is 0 Å². The van der Waals surface area contributed by atoms with Crippen molar-refractivity contribution in [3.05, 3.63) is 0 Å². The van der Waals surface area contributed by atoms with E-state index in [9.17, 15) is 192 Å². The van der Waals surface area contributed by atoms with Gasteiger partial charge in [-0.3, -0.25) is 24.0 Å². The van der Waals surface area contributed by atoms with E-state index in [1.807, 2.05) is 0 Å². The van der Waals surface area contributed by atoms with Crippen LogP contribution in [0.15, 0.2) is 0 Å². The summed E-state index contributed by atoms with van der Waals surface area (Å²) in [6, 6.07) is -10.1. The second-order valence-electron chi connectivity index (χ2n) is 37.4. The molecule has 5 amide bonds. The number of rotatable bonds is 39. The second kappa shape index (κ2) is 53.4. The maximum atomic E-state index is 13.5. The van der Waals surface area contributed by atoms with Gasteiger partial charge in [0.15, 0.2) is 75.5 Å². The lowest BCUT2D eigenvalue weighted by molar-refractivity contribution is -0.406. The molecular weight excluding hydrogens is 2030 g/mol. The monoisotopic (exact) mass is 2170 g/mol. The lowest BCUT2D eigenvalue weighted by atomic mass is 9.93. The van der Waals surface area contributed by atoms with Crippen LogP contribution in [0.5, 0.6) is 0 Å². The lowest BCUT2D eigenvalue weighted by Crippen LogP contribution is -2.71. The van der Waals surface area contributed by atoms with Crippen LogP contribution in [0.4, 0.5) is 0 Å². The Balaban J connectivity index is 0.931. The van der Waals surface area contributed by atoms with E-state index < -0.39 is 477 Å². The topological polar surface area (TPSA) is 1030 Å². The smallest absolute Gasteiger partial charge is 0.217 e. The summed E-state index contributed by atoms with van der Waals surface area (Å²) >= 11 is 0. The molecule has 12 aliphatic heterocycles. The number of nitrogens with one attached hydrogen (secondary N) is 5. The molecule has 0 aromatic carbocycles. The van der Waals surface area contributed by atoms with Gasteiger partial charge in [-0.2, -0.15) is 0 Å². The summed E-state index contributed by atoms with van der Waals surface area (Å²) in [5, 5.41) is 384. The van der Waals surface area contributed by atoms with Gasteiger partial charge in [0.25, 0.3) is 0 Å². The number of aliphatic hydroxyl groups excluding tert-OH is 33. The van der Waals surface area contributed by atoms with E-state index >= 15 is 0 Å². The fourth-order valence-corrected chi connectivity index (χ4v) is 19.2. The average Bonchev–Trinajstić information content (AvgIpc) is 0.763. The summed E-state index contributed by atoms with van der Waals surface area (Å²) in [6.45, 7) is -9.77. The zero-order valence-corrected chi connectivity index (χ0v) is 79.3. The lowest BCUT2D eigenvalue weighted by Gasteiger charge is -2.52. The van der Waals surface area contributed by atoms with Crippen LogP contribution in [0.25, 0.3) is 0 Å². The van der Waals surface area contributed by atoms with E-state index in [0.29, 0.717) is 0 Å². The molecule has 66 heteroatoms. The van der Waals surface area contributed by atoms with E-state index in [-0.39, 0.29) is 0 Å². The van der Waals surface area contributed by atoms with Gasteiger partial charge >= 0.3 is 0 Å². The molecule has 12 saturated heterocycles. The highest BCUT2D eigenvalue weighted by Crippen LogP contribution is 2.43. The summed E-state index contributed by atoms with van der Waals surface area (Å²) < 4.78 is 138. The van der Waals surface area contributed by atoms with Crippen LogP contribution in [0.1, 0.15) is 34.6 Å². The predicted octanol–water partition coefficient (Wildman–Crippen LogP) is -26.4. The SMILES string of the molecule is CC(=O)N[C@@H]1[C@@H](O)[C@H](O[C@@H]2O[C@H](CO[C@H]3O[C@H](CO[C@@H]4O[C@H](CO)[C@@H](O[C@@H]5O[C@H](CO)[C@H](O)[C@H](O)[C@H]5O)[C@H](O)[C@H]4NC(C)=O)[C@@H](O)[C@H](O)[C@@H]3O[C@@H]3O[C@H](CO)[C@@H](O[C@@H]4O[C@H](CO)[C@H](O)[C@H](O)[C@H]4O)[C@H](O)[C@H]3NC(C)=O)[C@@H](O)[C@H](O[C@H]3O[C@H](CO)[C@@H](O[C@@H]4O[C@H](CO)[C@@H](O[C@@H]5O[C@H](CO)[C@H](O)[C@H](O)[C@H]5O)[C@H](O)[C@H]4NC(C)=O)[C@H](O)[C@@H]3O[C@@H]3O[C@H](CO)[C@@H](O[C@@H]4O[C@H](CO)[C@H](O)[C@H](O)[C@H]4O)[C@H](O)[C@H]3NC(C)=O)[C@@H]2O)[C@@H](CO)O[C@H]1O. The fraction of sp³-hybridized carbons (Fsp3) is 0.939. The third kappa shape index (κ3) is 26.9. The van der Waals surface area contributed by atoms with Gasteiger partial charge in [0.1, 0.15) is 293 Å². The molecule has 38 N–H and O–H groups in total. The minimum atomic E-state index is -2.76. The summed E-state index contributed by atoms with van der Waals surface area (Å²) in [6.07, 6.45) is -121. The Labute approximate surface area is 837 Å². The van der Waals surface area contributed by atoms with Crippen molar-refractivity contribution in [1.29, 1.82) is 0 Å². The molecule has 0 spiro atoms. The summed E-state index contributed by atoms with van der Waals surface area (Å²) in [4.78, 5) is 65.7. The molecule has 12 rings (SSSR count). The number of carbonyl (C=O) groups is 5. The van der Waals surface area contributed by atoms with Crippen molar-refractivity contribution in [1.82, 2.24) is 26.6 Å². The van der Waals surface area contributed by atoms with Gasteiger partial charge in [0.05, 0.1) is 79.3 Å². The van der Waals surface area contributed by atoms with Crippen molar-refractivity contribution in [3.63, 3.8) is 0 Å². The number of hydrogen-bond acceptors (Lipinski definition) is 61. The molecule has 856 valence electrons. The predicted molar refractivity (Wildman–Crippen MR) is 453 cm³/mol. The van der Waals surface area contributed by atoms with E-state index in [0.717, 1.165) is 34.6 Å². The third-order valence-electron chi connectivity index (χ3n) is 27.1. The standard InChI is InChI=1S/C82H137N5O61/c1-18(98)83-35-46(109)62(27(10-92)128-71(35)125)145-80-61(124)68(146-82-70(148-75-39(87-22(5)102)50(113)66(31(14-96)136-75)144-79-59(122)54(117)43(106)26(9-91)132-79)60(123)67(32(15-97)137-82)140-73-37(85-20(3)100)48(111)64(29(12-94)134-73)142-77-57(120)52(115)41(104)24(7-89)130-77)45(108)34(138-80)17-127-81-69(147-74-38(86-21(4)101)49(112)65(30(13-95)135-74)143-78-58(121)53(116)42(105)25(8-90)131-78)55(118)44(107)33(139-81)16-126-72-36(84-19(2)99)47(110)63(28(11-93)133-72)141-76-56(119)51(114)40(103)23(6-88)129-76/h23-82,88-97,103-125H,6-17H2,1-5H3,(H,83,98)(H,84,99)(H,85,100)(H,86,101)(H,87,102)/t23-,24-,25-,26-,27-,28-,29-,30-,31-,32-,33-,34-,35-,36-,37-,38-,39-,40+,41+,42+,43+,44-,45-,46-,47-,48-,49-,50-,51+,52+,53+,54+,55+,56-,57-,58-,59-,60+,61+,62-,63-,64-,65-,66-,67-,68+,69+,70+,71-,72-,73+,74+,75+,76+,77+,78+,79+,80+,81+,82-/m1/s1. The molecule has 0 aromatic rings. The highest BCUT2D eigenvalue weighted by atomic mass is 16.8. The molecule has 0 bridgehead atoms. The van der Waals surface area contributed by atoms with Crippen molar-refractivity contribution in [2.24, 2.45) is 0 Å². The van der Waals surface area contributed by atoms with Crippen LogP contribution in [-0.2, 0) is 133 Å². The first kappa shape index (κ1) is 122. The largest absolute Gasteiger partial charge is 0.394 e. The van der Waals surface area contributed by atoms with E-state index in [1.54, 1.807) is 0 Å². The van der Waals surface area contributed by atoms with Crippen molar-refractivity contribution < 1.29 is 301 Å². The molecule has 0 unspecified atom stereocenters. The molecule has 66 nitrogen and oxygen atoms in total. The normalized spacial score (nSPS) is 49.3. The average molecular weight is 2170 g/mol. The molecular formula is C82H137N5O61. The Hall–Kier alpha value is -4.89. The van der Waals surface area contributed by atoms with Crippen LogP contribution in [-0.4, -0.2) is 645 Å². The quantitative estimate of drug-likeness (QED) is 0.0272. The van der Waals surface area contributed by atoms with Crippen molar-refractivity contribution in [2.45, 2.75) is 403 Å². The summed E-state index contributed by atoms with van der Waals surface area (Å²) in [7, 11) is 0. The molecule has 0 radical (unpaired) electrons. The zero-order chi connectivity index (χ0) is 109. The third-order valence-corrected chi connectivity index (χ3v) is 27.1. The maximum Gasteiger partial charge on any atom is 0.217 e. The van der Waals surface area contributed by atoms with Gasteiger partial charge in [-0.05, 0) is 0 Å². The number of carbonyl (C=O) groups excluding carboxylic acids is 5. The molecule has 148 heavy (non-hydrogen) atoms. The molecule has 60 atom stereocenters. The van der Waals surface area contributed by atoms with E-state index in [4.69, 9.17) is 109 Å². The Morgan fingerprint density at radius 3 is 0.689 bits per heavy atom. The molecule has 0 aliphatic carbocycles. The minimum Gasteiger partial charge on any atom is -0.394 e. The van der Waals surface area contributed by atoms with Gasteiger partial charge in [0.2, 0.25) is 29.5 Å². The van der Waals surface area contributed by atoms with Crippen LogP contribution in [0.3, 0.4) is 0 Å². The first-order chi connectivity index (χ1) is 70.1. The number of hydrogen-bond donors (Lipinski definition) is 38. The first-order valence-electron chi connectivity index (χ1n) is 47.2. The van der Waals surface area contributed by atoms with Gasteiger partial charge in [-0.1, -0.05) is 0 Å². The Morgan fingerprint density at radius 1 is 0.176 bits per heavy atom.